The number of rotatable bonds is 3. The van der Waals surface area contributed by atoms with Crippen molar-refractivity contribution in [3.8, 4) is 0 Å². The van der Waals surface area contributed by atoms with Crippen LogP contribution in [0.2, 0.25) is 0 Å². The zero-order chi connectivity index (χ0) is 12.4. The van der Waals surface area contributed by atoms with Gasteiger partial charge in [0.15, 0.2) is 0 Å². The second-order valence-corrected chi connectivity index (χ2v) is 6.14. The van der Waals surface area contributed by atoms with Crippen LogP contribution >= 0.6 is 0 Å². The maximum absolute atomic E-state index is 12.1. The molecular weight excluding hydrogens is 226 g/mol. The Labute approximate surface area is 109 Å². The Morgan fingerprint density at radius 1 is 1.17 bits per heavy atom. The van der Waals surface area contributed by atoms with E-state index < -0.39 is 0 Å². The van der Waals surface area contributed by atoms with Crippen molar-refractivity contribution in [3.63, 3.8) is 0 Å². The lowest BCUT2D eigenvalue weighted by atomic mass is 9.85. The van der Waals surface area contributed by atoms with Gasteiger partial charge in [0.05, 0.1) is 6.04 Å². The molecule has 0 bridgehead atoms. The van der Waals surface area contributed by atoms with Crippen LogP contribution in [-0.2, 0) is 4.79 Å². The first-order valence-electron chi connectivity index (χ1n) is 7.60. The molecule has 4 heteroatoms. The second kappa shape index (κ2) is 5.57. The molecule has 1 aliphatic carbocycles. The Hall–Kier alpha value is -0.610. The molecule has 3 rings (SSSR count). The Balaban J connectivity index is 1.45. The summed E-state index contributed by atoms with van der Waals surface area (Å²) in [5, 5.41) is 10.1. The Morgan fingerprint density at radius 3 is 2.83 bits per heavy atom. The maximum Gasteiger partial charge on any atom is 0.237 e. The molecule has 2 saturated heterocycles. The summed E-state index contributed by atoms with van der Waals surface area (Å²) >= 11 is 0. The van der Waals surface area contributed by atoms with Gasteiger partial charge in [-0.15, -0.1) is 0 Å². The van der Waals surface area contributed by atoms with Crippen molar-refractivity contribution in [2.75, 3.05) is 13.1 Å². The van der Waals surface area contributed by atoms with Gasteiger partial charge in [0.2, 0.25) is 5.91 Å². The molecule has 2 heterocycles. The third kappa shape index (κ3) is 2.69. The fourth-order valence-corrected chi connectivity index (χ4v) is 3.80. The number of hydrogen-bond donors (Lipinski definition) is 3. The normalized spacial score (nSPS) is 39.6. The molecule has 4 unspecified atom stereocenters. The molecule has 0 aromatic carbocycles. The lowest BCUT2D eigenvalue weighted by Gasteiger charge is -2.24. The summed E-state index contributed by atoms with van der Waals surface area (Å²) in [7, 11) is 0. The van der Waals surface area contributed by atoms with E-state index in [2.05, 4.69) is 16.0 Å². The average molecular weight is 251 g/mol. The Morgan fingerprint density at radius 2 is 2.06 bits per heavy atom. The van der Waals surface area contributed by atoms with Crippen molar-refractivity contribution in [3.05, 3.63) is 0 Å². The predicted octanol–water partition coefficient (Wildman–Crippen LogP) is 0.775. The molecular formula is C14H25N3O. The minimum absolute atomic E-state index is 0.0690. The van der Waals surface area contributed by atoms with E-state index in [0.717, 1.165) is 25.4 Å². The van der Waals surface area contributed by atoms with Crippen molar-refractivity contribution in [2.24, 2.45) is 5.92 Å². The first-order valence-corrected chi connectivity index (χ1v) is 7.60. The smallest absolute Gasteiger partial charge is 0.237 e. The highest BCUT2D eigenvalue weighted by Gasteiger charge is 2.38. The van der Waals surface area contributed by atoms with Gasteiger partial charge >= 0.3 is 0 Å². The van der Waals surface area contributed by atoms with E-state index in [1.807, 2.05) is 0 Å². The Bertz CT molecular complexity index is 287. The average Bonchev–Trinajstić information content (AvgIpc) is 3.04. The van der Waals surface area contributed by atoms with E-state index in [4.69, 9.17) is 0 Å². The van der Waals surface area contributed by atoms with Gasteiger partial charge in [0.1, 0.15) is 0 Å². The zero-order valence-corrected chi connectivity index (χ0v) is 11.1. The highest BCUT2D eigenvalue weighted by atomic mass is 16.2. The van der Waals surface area contributed by atoms with Crippen LogP contribution in [0.3, 0.4) is 0 Å². The van der Waals surface area contributed by atoms with Crippen molar-refractivity contribution in [2.45, 2.75) is 63.1 Å². The van der Waals surface area contributed by atoms with Crippen LogP contribution in [0.1, 0.15) is 44.9 Å². The minimum atomic E-state index is 0.0690. The molecule has 1 saturated carbocycles. The Kier molecular flexibility index (Phi) is 3.85. The standard InChI is InChI=1S/C14H25N3O/c18-14(16-9-11-5-3-7-15-11)13-8-10-4-1-2-6-12(10)17-13/h10-13,15,17H,1-9H2,(H,16,18). The largest absolute Gasteiger partial charge is 0.353 e. The highest BCUT2D eigenvalue weighted by molar-refractivity contribution is 5.82. The number of carbonyl (C=O) groups is 1. The van der Waals surface area contributed by atoms with Crippen molar-refractivity contribution >= 4 is 5.91 Å². The fourth-order valence-electron chi connectivity index (χ4n) is 3.80. The molecule has 0 spiro atoms. The van der Waals surface area contributed by atoms with E-state index in [1.165, 1.54) is 38.5 Å². The molecule has 3 N–H and O–H groups in total. The highest BCUT2D eigenvalue weighted by Crippen LogP contribution is 2.33. The molecule has 0 aromatic rings. The molecule has 1 amide bonds. The van der Waals surface area contributed by atoms with Crippen LogP contribution in [0.25, 0.3) is 0 Å². The van der Waals surface area contributed by atoms with Gasteiger partial charge in [-0.1, -0.05) is 12.8 Å². The van der Waals surface area contributed by atoms with E-state index in [1.54, 1.807) is 0 Å². The summed E-state index contributed by atoms with van der Waals surface area (Å²) < 4.78 is 0. The first-order chi connectivity index (χ1) is 8.83. The number of amides is 1. The van der Waals surface area contributed by atoms with Crippen LogP contribution in [0.5, 0.6) is 0 Å². The number of nitrogens with one attached hydrogen (secondary N) is 3. The summed E-state index contributed by atoms with van der Waals surface area (Å²) in [6, 6.07) is 1.18. The number of fused-ring (bicyclic) bond motifs is 1. The summed E-state index contributed by atoms with van der Waals surface area (Å²) in [4.78, 5) is 12.1. The molecule has 0 aromatic heterocycles. The first kappa shape index (κ1) is 12.4. The zero-order valence-electron chi connectivity index (χ0n) is 11.1. The van der Waals surface area contributed by atoms with Gasteiger partial charge < -0.3 is 16.0 Å². The van der Waals surface area contributed by atoms with Gasteiger partial charge in [-0.05, 0) is 44.6 Å². The summed E-state index contributed by atoms with van der Waals surface area (Å²) in [6.45, 7) is 1.90. The van der Waals surface area contributed by atoms with E-state index in [0.29, 0.717) is 12.1 Å². The predicted molar refractivity (Wildman–Crippen MR) is 71.3 cm³/mol. The monoisotopic (exact) mass is 251 g/mol. The number of carbonyl (C=O) groups excluding carboxylic acids is 1. The number of hydrogen-bond acceptors (Lipinski definition) is 3. The lowest BCUT2D eigenvalue weighted by molar-refractivity contribution is -0.123. The maximum atomic E-state index is 12.1. The summed E-state index contributed by atoms with van der Waals surface area (Å²) in [6.07, 6.45) is 8.74. The van der Waals surface area contributed by atoms with E-state index >= 15 is 0 Å². The van der Waals surface area contributed by atoms with Crippen LogP contribution in [0.4, 0.5) is 0 Å². The second-order valence-electron chi connectivity index (χ2n) is 6.14. The van der Waals surface area contributed by atoms with E-state index in [-0.39, 0.29) is 11.9 Å². The molecule has 3 aliphatic rings. The van der Waals surface area contributed by atoms with Crippen LogP contribution in [0, 0.1) is 5.92 Å². The van der Waals surface area contributed by atoms with Gasteiger partial charge in [-0.25, -0.2) is 0 Å². The quantitative estimate of drug-likeness (QED) is 0.694. The lowest BCUT2D eigenvalue weighted by Crippen LogP contribution is -2.46. The van der Waals surface area contributed by atoms with Gasteiger partial charge in [-0.2, -0.15) is 0 Å². The van der Waals surface area contributed by atoms with Crippen molar-refractivity contribution in [1.29, 1.82) is 0 Å². The van der Waals surface area contributed by atoms with Crippen LogP contribution in [0.15, 0.2) is 0 Å². The van der Waals surface area contributed by atoms with E-state index in [9.17, 15) is 4.79 Å². The topological polar surface area (TPSA) is 53.2 Å². The molecule has 102 valence electrons. The third-order valence-corrected chi connectivity index (χ3v) is 4.86. The summed E-state index contributed by atoms with van der Waals surface area (Å²) in [5.41, 5.74) is 0. The van der Waals surface area contributed by atoms with Crippen molar-refractivity contribution < 1.29 is 4.79 Å². The van der Waals surface area contributed by atoms with Crippen LogP contribution in [-0.4, -0.2) is 37.1 Å². The molecule has 3 fully saturated rings. The fraction of sp³-hybridized carbons (Fsp3) is 0.929. The van der Waals surface area contributed by atoms with Gasteiger partial charge in [-0.3, -0.25) is 4.79 Å². The molecule has 0 radical (unpaired) electrons. The SMILES string of the molecule is O=C(NCC1CCCN1)C1CC2CCCCC2N1. The van der Waals surface area contributed by atoms with Crippen molar-refractivity contribution in [1.82, 2.24) is 16.0 Å². The van der Waals surface area contributed by atoms with Gasteiger partial charge in [0.25, 0.3) is 0 Å². The molecule has 4 atom stereocenters. The molecule has 4 nitrogen and oxygen atoms in total. The minimum Gasteiger partial charge on any atom is -0.353 e. The third-order valence-electron chi connectivity index (χ3n) is 4.86. The molecule has 18 heavy (non-hydrogen) atoms. The van der Waals surface area contributed by atoms with Gasteiger partial charge in [0, 0.05) is 18.6 Å². The van der Waals surface area contributed by atoms with Crippen LogP contribution < -0.4 is 16.0 Å². The molecule has 2 aliphatic heterocycles. The summed E-state index contributed by atoms with van der Waals surface area (Å²) in [5.74, 6) is 0.970.